The first-order chi connectivity index (χ1) is 7.72. The van der Waals surface area contributed by atoms with E-state index in [2.05, 4.69) is 13.8 Å². The Kier molecular flexibility index (Phi) is 5.81. The van der Waals surface area contributed by atoms with Crippen LogP contribution in [0.4, 0.5) is 0 Å². The molecule has 0 bridgehead atoms. The third-order valence-corrected chi connectivity index (χ3v) is 3.76. The molecule has 0 radical (unpaired) electrons. The number of nitrogens with two attached hydrogens (primary N) is 1. The van der Waals surface area contributed by atoms with E-state index in [4.69, 9.17) is 5.73 Å². The number of hydrogen-bond acceptors (Lipinski definition) is 2. The molecule has 94 valence electrons. The average Bonchev–Trinajstić information content (AvgIpc) is 2.23. The lowest BCUT2D eigenvalue weighted by molar-refractivity contribution is -0.135. The molecule has 0 spiro atoms. The van der Waals surface area contributed by atoms with Crippen molar-refractivity contribution in [1.82, 2.24) is 4.90 Å². The van der Waals surface area contributed by atoms with Crippen molar-refractivity contribution in [2.24, 2.45) is 11.7 Å². The van der Waals surface area contributed by atoms with Crippen LogP contribution in [-0.4, -0.2) is 29.9 Å². The maximum absolute atomic E-state index is 12.2. The molecule has 0 aromatic heterocycles. The van der Waals surface area contributed by atoms with Crippen LogP contribution in [-0.2, 0) is 4.79 Å². The highest BCUT2D eigenvalue weighted by Gasteiger charge is 2.26. The van der Waals surface area contributed by atoms with Gasteiger partial charge in [-0.3, -0.25) is 4.79 Å². The van der Waals surface area contributed by atoms with Crippen LogP contribution in [0.15, 0.2) is 0 Å². The second-order valence-electron chi connectivity index (χ2n) is 4.85. The van der Waals surface area contributed by atoms with E-state index in [1.54, 1.807) is 0 Å². The Morgan fingerprint density at radius 3 is 2.38 bits per heavy atom. The highest BCUT2D eigenvalue weighted by Crippen LogP contribution is 2.30. The van der Waals surface area contributed by atoms with Crippen LogP contribution in [0.3, 0.4) is 0 Å². The van der Waals surface area contributed by atoms with Crippen molar-refractivity contribution < 1.29 is 4.79 Å². The lowest BCUT2D eigenvalue weighted by Gasteiger charge is -2.33. The highest BCUT2D eigenvalue weighted by atomic mass is 16.2. The van der Waals surface area contributed by atoms with Gasteiger partial charge >= 0.3 is 0 Å². The summed E-state index contributed by atoms with van der Waals surface area (Å²) in [6.45, 7) is 5.59. The number of amides is 1. The Morgan fingerprint density at radius 1 is 1.38 bits per heavy atom. The molecule has 0 atom stereocenters. The number of carbonyl (C=O) groups excluding carboxylic acids is 1. The number of hydrogen-bond donors (Lipinski definition) is 1. The van der Waals surface area contributed by atoms with Crippen LogP contribution in [0.2, 0.25) is 0 Å². The van der Waals surface area contributed by atoms with Gasteiger partial charge in [0, 0.05) is 25.6 Å². The third-order valence-electron chi connectivity index (χ3n) is 3.76. The molecule has 0 aromatic carbocycles. The number of carbonyl (C=O) groups is 1. The molecule has 1 saturated carbocycles. The molecule has 1 aliphatic rings. The highest BCUT2D eigenvalue weighted by molar-refractivity contribution is 5.76. The van der Waals surface area contributed by atoms with Crippen molar-refractivity contribution in [2.45, 2.75) is 58.4 Å². The van der Waals surface area contributed by atoms with Gasteiger partial charge in [-0.15, -0.1) is 0 Å². The van der Waals surface area contributed by atoms with Gasteiger partial charge in [-0.2, -0.15) is 0 Å². The van der Waals surface area contributed by atoms with Gasteiger partial charge in [-0.05, 0) is 31.6 Å². The monoisotopic (exact) mass is 226 g/mol. The van der Waals surface area contributed by atoms with Gasteiger partial charge in [-0.1, -0.05) is 20.3 Å². The minimum absolute atomic E-state index is 0.323. The van der Waals surface area contributed by atoms with E-state index in [-0.39, 0.29) is 0 Å². The standard InChI is InChI=1S/C13H26N2O/c1-3-12(4-2)15(9-8-14)13(16)10-11-6-5-7-11/h11-12H,3-10,14H2,1-2H3. The molecular formula is C13H26N2O. The lowest BCUT2D eigenvalue weighted by Crippen LogP contribution is -2.43. The minimum Gasteiger partial charge on any atom is -0.338 e. The minimum atomic E-state index is 0.323. The summed E-state index contributed by atoms with van der Waals surface area (Å²) in [4.78, 5) is 14.2. The first-order valence-corrected chi connectivity index (χ1v) is 6.72. The Hall–Kier alpha value is -0.570. The molecule has 2 N–H and O–H groups in total. The maximum Gasteiger partial charge on any atom is 0.223 e. The molecular weight excluding hydrogens is 200 g/mol. The first-order valence-electron chi connectivity index (χ1n) is 6.72. The molecule has 1 rings (SSSR count). The van der Waals surface area contributed by atoms with Crippen molar-refractivity contribution in [3.8, 4) is 0 Å². The summed E-state index contributed by atoms with van der Waals surface area (Å²) in [5, 5.41) is 0. The number of rotatable bonds is 7. The SMILES string of the molecule is CCC(CC)N(CCN)C(=O)CC1CCC1. The van der Waals surface area contributed by atoms with Crippen LogP contribution in [0.25, 0.3) is 0 Å². The summed E-state index contributed by atoms with van der Waals surface area (Å²) < 4.78 is 0. The van der Waals surface area contributed by atoms with E-state index in [1.165, 1.54) is 19.3 Å². The summed E-state index contributed by atoms with van der Waals surface area (Å²) in [5.74, 6) is 0.978. The van der Waals surface area contributed by atoms with E-state index in [1.807, 2.05) is 4.90 Å². The fraction of sp³-hybridized carbons (Fsp3) is 0.923. The topological polar surface area (TPSA) is 46.3 Å². The van der Waals surface area contributed by atoms with Crippen molar-refractivity contribution in [1.29, 1.82) is 0 Å². The predicted molar refractivity (Wildman–Crippen MR) is 67.1 cm³/mol. The molecule has 3 nitrogen and oxygen atoms in total. The van der Waals surface area contributed by atoms with E-state index >= 15 is 0 Å². The van der Waals surface area contributed by atoms with Gasteiger partial charge in [0.05, 0.1) is 0 Å². The number of nitrogens with zero attached hydrogens (tertiary/aromatic N) is 1. The van der Waals surface area contributed by atoms with Crippen LogP contribution >= 0.6 is 0 Å². The van der Waals surface area contributed by atoms with E-state index in [0.717, 1.165) is 25.8 Å². The molecule has 0 aliphatic heterocycles. The van der Waals surface area contributed by atoms with Gasteiger partial charge in [0.2, 0.25) is 5.91 Å². The van der Waals surface area contributed by atoms with E-state index in [9.17, 15) is 4.79 Å². The van der Waals surface area contributed by atoms with Crippen molar-refractivity contribution in [3.05, 3.63) is 0 Å². The fourth-order valence-electron chi connectivity index (χ4n) is 2.44. The Bertz CT molecular complexity index is 210. The van der Waals surface area contributed by atoms with Gasteiger partial charge < -0.3 is 10.6 Å². The maximum atomic E-state index is 12.2. The van der Waals surface area contributed by atoms with Gasteiger partial charge in [-0.25, -0.2) is 0 Å². The quantitative estimate of drug-likeness (QED) is 0.723. The normalized spacial score (nSPS) is 16.2. The van der Waals surface area contributed by atoms with E-state index < -0.39 is 0 Å². The fourth-order valence-corrected chi connectivity index (χ4v) is 2.44. The molecule has 0 heterocycles. The predicted octanol–water partition coefficient (Wildman–Crippen LogP) is 2.15. The van der Waals surface area contributed by atoms with Gasteiger partial charge in [0.15, 0.2) is 0 Å². The third kappa shape index (κ3) is 3.48. The summed E-state index contributed by atoms with van der Waals surface area (Å²) in [6.07, 6.45) is 6.60. The molecule has 0 aromatic rings. The van der Waals surface area contributed by atoms with Crippen LogP contribution in [0, 0.1) is 5.92 Å². The summed E-state index contributed by atoms with van der Waals surface area (Å²) in [7, 11) is 0. The molecule has 1 fully saturated rings. The molecule has 0 saturated heterocycles. The van der Waals surface area contributed by atoms with Crippen molar-refractivity contribution in [2.75, 3.05) is 13.1 Å². The Labute approximate surface area is 99.4 Å². The summed E-state index contributed by atoms with van der Waals surface area (Å²) in [5.41, 5.74) is 5.60. The van der Waals surface area contributed by atoms with Crippen LogP contribution < -0.4 is 5.73 Å². The van der Waals surface area contributed by atoms with E-state index in [0.29, 0.717) is 24.4 Å². The van der Waals surface area contributed by atoms with Crippen molar-refractivity contribution in [3.63, 3.8) is 0 Å². The molecule has 1 aliphatic carbocycles. The zero-order valence-electron chi connectivity index (χ0n) is 10.7. The zero-order valence-corrected chi connectivity index (χ0v) is 10.7. The Balaban J connectivity index is 2.48. The van der Waals surface area contributed by atoms with Crippen molar-refractivity contribution >= 4 is 5.91 Å². The average molecular weight is 226 g/mol. The molecule has 3 heteroatoms. The molecule has 16 heavy (non-hydrogen) atoms. The largest absolute Gasteiger partial charge is 0.338 e. The second kappa shape index (κ2) is 6.89. The molecule has 1 amide bonds. The lowest BCUT2D eigenvalue weighted by atomic mass is 9.82. The Morgan fingerprint density at radius 2 is 2.00 bits per heavy atom. The van der Waals surface area contributed by atoms with Crippen LogP contribution in [0.1, 0.15) is 52.4 Å². The summed E-state index contributed by atoms with van der Waals surface area (Å²) >= 11 is 0. The zero-order chi connectivity index (χ0) is 12.0. The summed E-state index contributed by atoms with van der Waals surface area (Å²) in [6, 6.07) is 0.385. The van der Waals surface area contributed by atoms with Gasteiger partial charge in [0.1, 0.15) is 0 Å². The smallest absolute Gasteiger partial charge is 0.223 e. The van der Waals surface area contributed by atoms with Crippen LogP contribution in [0.5, 0.6) is 0 Å². The first kappa shape index (κ1) is 13.5. The van der Waals surface area contributed by atoms with Gasteiger partial charge in [0.25, 0.3) is 0 Å². The molecule has 0 unspecified atom stereocenters. The second-order valence-corrected chi connectivity index (χ2v) is 4.85.